The van der Waals surface area contributed by atoms with Crippen molar-refractivity contribution in [3.8, 4) is 5.69 Å². The lowest BCUT2D eigenvalue weighted by atomic mass is 10.2. The zero-order chi connectivity index (χ0) is 18.4. The topological polar surface area (TPSA) is 64.0 Å². The van der Waals surface area contributed by atoms with Crippen LogP contribution in [0.5, 0.6) is 0 Å². The summed E-state index contributed by atoms with van der Waals surface area (Å²) in [4.78, 5) is 24.2. The Morgan fingerprint density at radius 1 is 1.36 bits per heavy atom. The predicted octanol–water partition coefficient (Wildman–Crippen LogP) is 3.59. The number of carbonyl (C=O) groups is 1. The van der Waals surface area contributed by atoms with Gasteiger partial charge in [0, 0.05) is 17.6 Å². The Morgan fingerprint density at radius 2 is 2.12 bits per heavy atom. The minimum absolute atomic E-state index is 0.0311. The van der Waals surface area contributed by atoms with E-state index < -0.39 is 0 Å². The monoisotopic (exact) mass is 379 g/mol. The van der Waals surface area contributed by atoms with Crippen LogP contribution >= 0.6 is 23.4 Å². The third-order valence-electron chi connectivity index (χ3n) is 3.67. The predicted molar refractivity (Wildman–Crippen MR) is 103 cm³/mol. The summed E-state index contributed by atoms with van der Waals surface area (Å²) in [5.41, 5.74) is 1.29. The van der Waals surface area contributed by atoms with Crippen LogP contribution in [0, 0.1) is 6.92 Å². The lowest BCUT2D eigenvalue weighted by Crippen LogP contribution is -2.31. The van der Waals surface area contributed by atoms with Gasteiger partial charge in [0.15, 0.2) is 0 Å². The van der Waals surface area contributed by atoms with E-state index in [1.165, 1.54) is 22.5 Å². The summed E-state index contributed by atoms with van der Waals surface area (Å²) in [5.74, 6) is -0.0311. The van der Waals surface area contributed by atoms with Gasteiger partial charge >= 0.3 is 0 Å². The normalized spacial score (nSPS) is 12.0. The van der Waals surface area contributed by atoms with Crippen LogP contribution < -0.4 is 10.9 Å². The highest BCUT2D eigenvalue weighted by Gasteiger charge is 2.15. The van der Waals surface area contributed by atoms with Crippen LogP contribution in [-0.2, 0) is 4.79 Å². The molecule has 0 fully saturated rings. The molecule has 25 heavy (non-hydrogen) atoms. The van der Waals surface area contributed by atoms with Gasteiger partial charge in [-0.25, -0.2) is 0 Å². The van der Waals surface area contributed by atoms with Crippen LogP contribution in [0.4, 0.5) is 0 Å². The minimum Gasteiger partial charge on any atom is -0.355 e. The summed E-state index contributed by atoms with van der Waals surface area (Å²) in [6.45, 7) is 6.48. The van der Waals surface area contributed by atoms with Crippen molar-refractivity contribution in [1.29, 1.82) is 0 Å². The number of hydrogen-bond acceptors (Lipinski definition) is 4. The minimum atomic E-state index is -0.295. The number of benzene rings is 1. The number of hydrogen-bond donors (Lipinski definition) is 1. The zero-order valence-corrected chi connectivity index (χ0v) is 16.2. The van der Waals surface area contributed by atoms with Gasteiger partial charge < -0.3 is 5.32 Å². The molecule has 1 N–H and O–H groups in total. The van der Waals surface area contributed by atoms with Crippen LogP contribution in [0.15, 0.2) is 40.2 Å². The Labute approximate surface area is 156 Å². The Morgan fingerprint density at radius 3 is 2.80 bits per heavy atom. The van der Waals surface area contributed by atoms with E-state index >= 15 is 0 Å². The number of amides is 1. The van der Waals surface area contributed by atoms with E-state index in [0.29, 0.717) is 22.3 Å². The van der Waals surface area contributed by atoms with Gasteiger partial charge in [-0.05, 0) is 44.0 Å². The average Bonchev–Trinajstić information content (AvgIpc) is 2.59. The highest BCUT2D eigenvalue weighted by atomic mass is 35.5. The fraction of sp³-hybridized carbons (Fsp3) is 0.389. The summed E-state index contributed by atoms with van der Waals surface area (Å²) in [7, 11) is 0. The van der Waals surface area contributed by atoms with Crippen molar-refractivity contribution < 1.29 is 4.79 Å². The molecular formula is C18H22ClN3O2S. The van der Waals surface area contributed by atoms with E-state index in [1.54, 1.807) is 18.2 Å². The molecule has 0 aliphatic rings. The van der Waals surface area contributed by atoms with Crippen molar-refractivity contribution in [3.05, 3.63) is 51.3 Å². The Balaban J connectivity index is 2.17. The molecule has 1 amide bonds. The average molecular weight is 380 g/mol. The molecule has 2 rings (SSSR count). The molecule has 7 heteroatoms. The van der Waals surface area contributed by atoms with E-state index in [-0.39, 0.29) is 16.7 Å². The molecular weight excluding hydrogens is 358 g/mol. The Bertz CT molecular complexity index is 807. The maximum absolute atomic E-state index is 12.1. The van der Waals surface area contributed by atoms with Gasteiger partial charge in [-0.2, -0.15) is 9.78 Å². The molecule has 1 heterocycles. The standard InChI is InChI=1S/C18H22ClN3O2S/c1-4-5-10-20-18(24)13(3)25-16-8-9-17(23)22(21-16)14-7-6-12(2)15(19)11-14/h6-9,11,13H,4-5,10H2,1-3H3,(H,20,24). The van der Waals surface area contributed by atoms with Crippen LogP contribution in [-0.4, -0.2) is 27.5 Å². The lowest BCUT2D eigenvalue weighted by molar-refractivity contribution is -0.120. The van der Waals surface area contributed by atoms with Gasteiger partial charge in [0.25, 0.3) is 5.56 Å². The molecule has 1 aromatic carbocycles. The number of rotatable bonds is 7. The number of aromatic nitrogens is 2. The highest BCUT2D eigenvalue weighted by molar-refractivity contribution is 8.00. The van der Waals surface area contributed by atoms with Gasteiger partial charge in [0.2, 0.25) is 5.91 Å². The molecule has 0 saturated heterocycles. The number of aryl methyl sites for hydroxylation is 1. The Kier molecular flexibility index (Phi) is 7.08. The van der Waals surface area contributed by atoms with E-state index in [4.69, 9.17) is 11.6 Å². The molecule has 0 spiro atoms. The zero-order valence-electron chi connectivity index (χ0n) is 14.6. The third kappa shape index (κ3) is 5.34. The maximum Gasteiger partial charge on any atom is 0.271 e. The fourth-order valence-electron chi connectivity index (χ4n) is 2.12. The summed E-state index contributed by atoms with van der Waals surface area (Å²) in [5, 5.41) is 8.15. The Hall–Kier alpha value is -1.79. The lowest BCUT2D eigenvalue weighted by Gasteiger charge is -2.12. The van der Waals surface area contributed by atoms with Crippen LogP contribution in [0.3, 0.4) is 0 Å². The molecule has 1 aromatic heterocycles. The van der Waals surface area contributed by atoms with E-state index in [0.717, 1.165) is 18.4 Å². The number of thioether (sulfide) groups is 1. The van der Waals surface area contributed by atoms with Crippen LogP contribution in [0.1, 0.15) is 32.3 Å². The molecule has 1 atom stereocenters. The van der Waals surface area contributed by atoms with Crippen molar-refractivity contribution in [2.24, 2.45) is 0 Å². The van der Waals surface area contributed by atoms with E-state index in [9.17, 15) is 9.59 Å². The molecule has 2 aromatic rings. The van der Waals surface area contributed by atoms with Gasteiger partial charge in [0.05, 0.1) is 10.9 Å². The summed E-state index contributed by atoms with van der Waals surface area (Å²) in [6, 6.07) is 8.43. The molecule has 1 unspecified atom stereocenters. The van der Waals surface area contributed by atoms with Crippen molar-refractivity contribution in [1.82, 2.24) is 15.1 Å². The van der Waals surface area contributed by atoms with Gasteiger partial charge in [-0.3, -0.25) is 9.59 Å². The second kappa shape index (κ2) is 9.06. The molecule has 0 aliphatic carbocycles. The van der Waals surface area contributed by atoms with Crippen molar-refractivity contribution in [3.63, 3.8) is 0 Å². The molecule has 5 nitrogen and oxygen atoms in total. The number of nitrogens with zero attached hydrogens (tertiary/aromatic N) is 2. The van der Waals surface area contributed by atoms with Crippen LogP contribution in [0.2, 0.25) is 5.02 Å². The van der Waals surface area contributed by atoms with Crippen molar-refractivity contribution >= 4 is 29.3 Å². The van der Waals surface area contributed by atoms with Crippen molar-refractivity contribution in [2.75, 3.05) is 6.54 Å². The first-order valence-electron chi connectivity index (χ1n) is 8.23. The second-order valence-electron chi connectivity index (χ2n) is 5.76. The number of nitrogens with one attached hydrogen (secondary N) is 1. The molecule has 0 radical (unpaired) electrons. The third-order valence-corrected chi connectivity index (χ3v) is 5.11. The van der Waals surface area contributed by atoms with Gasteiger partial charge in [-0.15, -0.1) is 0 Å². The quantitative estimate of drug-likeness (QED) is 0.589. The number of halogens is 1. The summed E-state index contributed by atoms with van der Waals surface area (Å²) >= 11 is 7.46. The fourth-order valence-corrected chi connectivity index (χ4v) is 3.13. The first kappa shape index (κ1) is 19.5. The first-order chi connectivity index (χ1) is 11.9. The number of unbranched alkanes of at least 4 members (excludes halogenated alkanes) is 1. The first-order valence-corrected chi connectivity index (χ1v) is 9.49. The smallest absolute Gasteiger partial charge is 0.271 e. The van der Waals surface area contributed by atoms with Crippen LogP contribution in [0.25, 0.3) is 5.69 Å². The van der Waals surface area contributed by atoms with E-state index in [1.807, 2.05) is 19.9 Å². The maximum atomic E-state index is 12.1. The van der Waals surface area contributed by atoms with Gasteiger partial charge in [-0.1, -0.05) is 42.8 Å². The molecule has 0 saturated carbocycles. The summed E-state index contributed by atoms with van der Waals surface area (Å²) in [6.07, 6.45) is 1.99. The van der Waals surface area contributed by atoms with Crippen molar-refractivity contribution in [2.45, 2.75) is 43.9 Å². The van der Waals surface area contributed by atoms with E-state index in [2.05, 4.69) is 17.3 Å². The number of carbonyl (C=O) groups excluding carboxylic acids is 1. The highest BCUT2D eigenvalue weighted by Crippen LogP contribution is 2.22. The molecule has 0 bridgehead atoms. The SMILES string of the molecule is CCCCNC(=O)C(C)Sc1ccc(=O)n(-c2ccc(C)c(Cl)c2)n1. The largest absolute Gasteiger partial charge is 0.355 e. The molecule has 0 aliphatic heterocycles. The molecule has 134 valence electrons. The summed E-state index contributed by atoms with van der Waals surface area (Å²) < 4.78 is 1.30. The second-order valence-corrected chi connectivity index (χ2v) is 7.53. The van der Waals surface area contributed by atoms with Gasteiger partial charge in [0.1, 0.15) is 5.03 Å².